The van der Waals surface area contributed by atoms with Crippen LogP contribution in [0, 0.1) is 6.92 Å². The lowest BCUT2D eigenvalue weighted by atomic mass is 10.1. The normalized spacial score (nSPS) is 11.6. The summed E-state index contributed by atoms with van der Waals surface area (Å²) in [7, 11) is 0. The summed E-state index contributed by atoms with van der Waals surface area (Å²) in [5.41, 5.74) is 3.77. The summed E-state index contributed by atoms with van der Waals surface area (Å²) in [4.78, 5) is 26.0. The number of carbonyl (C=O) groups excluding carboxylic acids is 1. The number of rotatable bonds is 6. The molecule has 0 aliphatic heterocycles. The number of fused-ring (bicyclic) bond motifs is 1. The highest BCUT2D eigenvalue weighted by molar-refractivity contribution is 6.05. The molecule has 41 heavy (non-hydrogen) atoms. The van der Waals surface area contributed by atoms with Gasteiger partial charge in [0.25, 0.3) is 5.91 Å². The van der Waals surface area contributed by atoms with Crippen LogP contribution in [0.3, 0.4) is 0 Å². The SMILES string of the molecule is Cc1nccn1-c1ccc(Cn2ccc3c(-c4cccc(NC(=O)c5cccc(C(F)(F)F)c5)c4)ncnc32)cc1. The van der Waals surface area contributed by atoms with E-state index in [0.29, 0.717) is 17.9 Å². The highest BCUT2D eigenvalue weighted by Gasteiger charge is 2.31. The molecule has 1 amide bonds. The molecule has 3 aromatic heterocycles. The minimum atomic E-state index is -4.53. The highest BCUT2D eigenvalue weighted by Crippen LogP contribution is 2.31. The van der Waals surface area contributed by atoms with Crippen LogP contribution in [0.5, 0.6) is 0 Å². The number of imidazole rings is 1. The van der Waals surface area contributed by atoms with Crippen molar-refractivity contribution in [3.05, 3.63) is 126 Å². The van der Waals surface area contributed by atoms with E-state index in [1.807, 2.05) is 40.6 Å². The van der Waals surface area contributed by atoms with Crippen LogP contribution in [0.1, 0.15) is 27.3 Å². The molecule has 0 aliphatic carbocycles. The quantitative estimate of drug-likeness (QED) is 0.244. The standard InChI is InChI=1S/C31H23F3N6O/c1-20-35-13-15-40(20)26-10-8-21(9-11-26)18-39-14-12-27-28(36-19-37-29(27)39)22-4-3-7-25(17-22)38-30(41)23-5-2-6-24(16-23)31(32,33)34/h2-17,19H,18H2,1H3,(H,38,41). The fourth-order valence-electron chi connectivity index (χ4n) is 4.76. The molecular formula is C31H23F3N6O. The Hall–Kier alpha value is -5.25. The lowest BCUT2D eigenvalue weighted by Crippen LogP contribution is -2.14. The first-order valence-electron chi connectivity index (χ1n) is 12.7. The lowest BCUT2D eigenvalue weighted by molar-refractivity contribution is -0.137. The van der Waals surface area contributed by atoms with Gasteiger partial charge in [0, 0.05) is 53.0 Å². The summed E-state index contributed by atoms with van der Waals surface area (Å²) in [6.45, 7) is 2.56. The number of hydrogen-bond acceptors (Lipinski definition) is 4. The van der Waals surface area contributed by atoms with Crippen LogP contribution >= 0.6 is 0 Å². The number of benzene rings is 3. The van der Waals surface area contributed by atoms with E-state index in [0.717, 1.165) is 45.8 Å². The van der Waals surface area contributed by atoms with Crippen molar-refractivity contribution in [1.29, 1.82) is 0 Å². The average molecular weight is 553 g/mol. The van der Waals surface area contributed by atoms with E-state index in [1.54, 1.807) is 24.4 Å². The molecule has 6 rings (SSSR count). The Kier molecular flexibility index (Phi) is 6.58. The zero-order valence-corrected chi connectivity index (χ0v) is 21.8. The molecular weight excluding hydrogens is 529 g/mol. The molecule has 0 unspecified atom stereocenters. The number of halogens is 3. The second-order valence-electron chi connectivity index (χ2n) is 9.53. The smallest absolute Gasteiger partial charge is 0.328 e. The predicted octanol–water partition coefficient (Wildman–Crippen LogP) is 6.91. The summed E-state index contributed by atoms with van der Waals surface area (Å²) in [6, 6.07) is 21.5. The van der Waals surface area contributed by atoms with Gasteiger partial charge in [0.15, 0.2) is 0 Å². The molecule has 0 saturated heterocycles. The zero-order chi connectivity index (χ0) is 28.6. The topological polar surface area (TPSA) is 77.6 Å². The molecule has 0 fully saturated rings. The molecule has 3 heterocycles. The number of carbonyl (C=O) groups is 1. The van der Waals surface area contributed by atoms with Crippen LogP contribution in [-0.4, -0.2) is 30.0 Å². The summed E-state index contributed by atoms with van der Waals surface area (Å²) >= 11 is 0. The number of nitrogens with one attached hydrogen (secondary N) is 1. The third-order valence-corrected chi connectivity index (χ3v) is 6.80. The highest BCUT2D eigenvalue weighted by atomic mass is 19.4. The van der Waals surface area contributed by atoms with Crippen LogP contribution in [0.25, 0.3) is 28.0 Å². The van der Waals surface area contributed by atoms with E-state index >= 15 is 0 Å². The van der Waals surface area contributed by atoms with E-state index in [1.165, 1.54) is 18.5 Å². The minimum Gasteiger partial charge on any atom is -0.328 e. The van der Waals surface area contributed by atoms with Crippen LogP contribution in [-0.2, 0) is 12.7 Å². The van der Waals surface area contributed by atoms with Crippen molar-refractivity contribution in [3.8, 4) is 16.9 Å². The Morgan fingerprint density at radius 2 is 1.71 bits per heavy atom. The molecule has 0 atom stereocenters. The van der Waals surface area contributed by atoms with Gasteiger partial charge in [-0.15, -0.1) is 0 Å². The van der Waals surface area contributed by atoms with Gasteiger partial charge in [0.1, 0.15) is 17.8 Å². The van der Waals surface area contributed by atoms with Crippen molar-refractivity contribution in [3.63, 3.8) is 0 Å². The summed E-state index contributed by atoms with van der Waals surface area (Å²) in [5.74, 6) is 0.277. The molecule has 0 saturated carbocycles. The Balaban J connectivity index is 1.23. The van der Waals surface area contributed by atoms with Gasteiger partial charge in [-0.2, -0.15) is 13.2 Å². The minimum absolute atomic E-state index is 0.0834. The zero-order valence-electron chi connectivity index (χ0n) is 21.8. The van der Waals surface area contributed by atoms with E-state index in [-0.39, 0.29) is 5.56 Å². The van der Waals surface area contributed by atoms with Crippen LogP contribution in [0.2, 0.25) is 0 Å². The number of anilines is 1. The summed E-state index contributed by atoms with van der Waals surface area (Å²) < 4.78 is 43.3. The van der Waals surface area contributed by atoms with E-state index in [4.69, 9.17) is 0 Å². The average Bonchev–Trinajstić information content (AvgIpc) is 3.59. The van der Waals surface area contributed by atoms with E-state index in [2.05, 4.69) is 44.5 Å². The maximum absolute atomic E-state index is 13.1. The fourth-order valence-corrected chi connectivity index (χ4v) is 4.76. The largest absolute Gasteiger partial charge is 0.416 e. The van der Waals surface area contributed by atoms with Crippen molar-refractivity contribution in [1.82, 2.24) is 24.1 Å². The van der Waals surface area contributed by atoms with Gasteiger partial charge in [0.05, 0.1) is 11.3 Å². The first kappa shape index (κ1) is 26.0. The van der Waals surface area contributed by atoms with Gasteiger partial charge in [0.2, 0.25) is 0 Å². The number of aromatic nitrogens is 5. The maximum atomic E-state index is 13.1. The molecule has 0 aliphatic rings. The van der Waals surface area contributed by atoms with Gasteiger partial charge < -0.3 is 14.5 Å². The summed E-state index contributed by atoms with van der Waals surface area (Å²) in [5, 5.41) is 3.52. The molecule has 204 valence electrons. The van der Waals surface area contributed by atoms with Gasteiger partial charge in [-0.1, -0.05) is 30.3 Å². The van der Waals surface area contributed by atoms with Crippen LogP contribution < -0.4 is 5.32 Å². The molecule has 0 spiro atoms. The fraction of sp³-hybridized carbons (Fsp3) is 0.0968. The monoisotopic (exact) mass is 552 g/mol. The number of aryl methyl sites for hydroxylation is 1. The Morgan fingerprint density at radius 3 is 2.46 bits per heavy atom. The Bertz CT molecular complexity index is 1870. The third-order valence-electron chi connectivity index (χ3n) is 6.80. The number of nitrogens with zero attached hydrogens (tertiary/aromatic N) is 5. The van der Waals surface area contributed by atoms with Crippen molar-refractivity contribution >= 4 is 22.6 Å². The number of hydrogen-bond donors (Lipinski definition) is 1. The lowest BCUT2D eigenvalue weighted by Gasteiger charge is -2.11. The molecule has 10 heteroatoms. The first-order chi connectivity index (χ1) is 19.8. The number of alkyl halides is 3. The van der Waals surface area contributed by atoms with Gasteiger partial charge >= 0.3 is 6.18 Å². The molecule has 3 aromatic carbocycles. The van der Waals surface area contributed by atoms with Crippen molar-refractivity contribution in [2.24, 2.45) is 0 Å². The van der Waals surface area contributed by atoms with E-state index in [9.17, 15) is 18.0 Å². The van der Waals surface area contributed by atoms with Gasteiger partial charge in [-0.3, -0.25) is 4.79 Å². The molecule has 7 nitrogen and oxygen atoms in total. The van der Waals surface area contributed by atoms with Gasteiger partial charge in [-0.05, 0) is 61.0 Å². The summed E-state index contributed by atoms with van der Waals surface area (Å²) in [6.07, 6.45) is 2.61. The van der Waals surface area contributed by atoms with Crippen molar-refractivity contribution in [2.45, 2.75) is 19.6 Å². The molecule has 1 N–H and O–H groups in total. The van der Waals surface area contributed by atoms with Gasteiger partial charge in [-0.25, -0.2) is 15.0 Å². The van der Waals surface area contributed by atoms with Crippen LogP contribution in [0.15, 0.2) is 104 Å². The third kappa shape index (κ3) is 5.31. The predicted molar refractivity (Wildman–Crippen MR) is 150 cm³/mol. The number of amides is 1. The first-order valence-corrected chi connectivity index (χ1v) is 12.7. The second-order valence-corrected chi connectivity index (χ2v) is 9.53. The van der Waals surface area contributed by atoms with Crippen molar-refractivity contribution in [2.75, 3.05) is 5.32 Å². The Morgan fingerprint density at radius 1 is 0.902 bits per heavy atom. The van der Waals surface area contributed by atoms with Crippen molar-refractivity contribution < 1.29 is 18.0 Å². The Labute approximate surface area is 233 Å². The van der Waals surface area contributed by atoms with Crippen LogP contribution in [0.4, 0.5) is 18.9 Å². The molecule has 0 radical (unpaired) electrons. The molecule has 6 aromatic rings. The van der Waals surface area contributed by atoms with E-state index < -0.39 is 17.6 Å². The second kappa shape index (κ2) is 10.4. The maximum Gasteiger partial charge on any atom is 0.416 e. The molecule has 0 bridgehead atoms.